The molecule has 1 aliphatic rings. The molecule has 0 saturated heterocycles. The van der Waals surface area contributed by atoms with Crippen LogP contribution in [0.3, 0.4) is 0 Å². The normalized spacial score (nSPS) is 23.6. The van der Waals surface area contributed by atoms with E-state index in [-0.39, 0.29) is 5.82 Å². The van der Waals surface area contributed by atoms with Crippen molar-refractivity contribution in [2.24, 2.45) is 0 Å². The van der Waals surface area contributed by atoms with E-state index in [9.17, 15) is 10.1 Å². The number of anilines is 1. The molecule has 92 valence electrons. The Balaban J connectivity index is 2.15. The van der Waals surface area contributed by atoms with Crippen LogP contribution in [0.2, 0.25) is 0 Å². The fourth-order valence-electron chi connectivity index (χ4n) is 2.23. The second-order valence-corrected chi connectivity index (χ2v) is 5.16. The van der Waals surface area contributed by atoms with Gasteiger partial charge in [-0.3, -0.25) is 0 Å². The average molecular weight is 253 g/mol. The monoisotopic (exact) mass is 253 g/mol. The maximum absolute atomic E-state index is 10.8. The molecule has 2 rings (SSSR count). The van der Waals surface area contributed by atoms with Crippen LogP contribution in [0.25, 0.3) is 0 Å². The number of rotatable bonds is 4. The molecule has 1 heterocycles. The van der Waals surface area contributed by atoms with Crippen molar-refractivity contribution < 1.29 is 4.92 Å². The molecule has 0 bridgehead atoms. The molecular formula is C11H15N3O2S. The minimum atomic E-state index is -0.439. The van der Waals surface area contributed by atoms with Gasteiger partial charge >= 0.3 is 5.82 Å². The molecule has 1 saturated carbocycles. The summed E-state index contributed by atoms with van der Waals surface area (Å²) in [6.07, 6.45) is 6.95. The molecule has 1 fully saturated rings. The van der Waals surface area contributed by atoms with Crippen LogP contribution in [0.15, 0.2) is 18.3 Å². The van der Waals surface area contributed by atoms with Crippen LogP contribution in [-0.4, -0.2) is 27.5 Å². The van der Waals surface area contributed by atoms with Gasteiger partial charge in [0, 0.05) is 11.3 Å². The predicted octanol–water partition coefficient (Wildman–Crippen LogP) is 2.69. The highest BCUT2D eigenvalue weighted by Gasteiger charge is 2.28. The zero-order valence-corrected chi connectivity index (χ0v) is 10.4. The Morgan fingerprint density at radius 1 is 1.59 bits per heavy atom. The number of nitrogens with zero attached hydrogens (tertiary/aromatic N) is 2. The van der Waals surface area contributed by atoms with Gasteiger partial charge in [-0.1, -0.05) is 6.42 Å². The molecule has 1 aromatic heterocycles. The summed E-state index contributed by atoms with van der Waals surface area (Å²) in [4.78, 5) is 14.2. The van der Waals surface area contributed by atoms with E-state index in [1.54, 1.807) is 12.1 Å². The van der Waals surface area contributed by atoms with Gasteiger partial charge in [0.15, 0.2) is 0 Å². The molecule has 0 amide bonds. The number of pyridine rings is 1. The van der Waals surface area contributed by atoms with E-state index in [1.165, 1.54) is 19.0 Å². The summed E-state index contributed by atoms with van der Waals surface area (Å²) in [5, 5.41) is 14.6. The van der Waals surface area contributed by atoms with Crippen LogP contribution in [0.4, 0.5) is 11.5 Å². The van der Waals surface area contributed by atoms with E-state index < -0.39 is 4.92 Å². The zero-order chi connectivity index (χ0) is 12.3. The fourth-order valence-corrected chi connectivity index (χ4v) is 3.16. The van der Waals surface area contributed by atoms with Crippen molar-refractivity contribution in [3.05, 3.63) is 28.4 Å². The van der Waals surface area contributed by atoms with Crippen molar-refractivity contribution >= 4 is 23.3 Å². The lowest BCUT2D eigenvalue weighted by atomic mass is 10.2. The number of aromatic nitrogens is 1. The average Bonchev–Trinajstić information content (AvgIpc) is 2.77. The third-order valence-electron chi connectivity index (χ3n) is 3.06. The van der Waals surface area contributed by atoms with Crippen LogP contribution in [0.1, 0.15) is 19.3 Å². The van der Waals surface area contributed by atoms with Crippen molar-refractivity contribution in [3.8, 4) is 0 Å². The summed E-state index contributed by atoms with van der Waals surface area (Å²) in [6.45, 7) is 0. The Labute approximate surface area is 104 Å². The highest BCUT2D eigenvalue weighted by atomic mass is 32.2. The Morgan fingerprint density at radius 2 is 2.41 bits per heavy atom. The van der Waals surface area contributed by atoms with Crippen LogP contribution < -0.4 is 5.32 Å². The lowest BCUT2D eigenvalue weighted by molar-refractivity contribution is -0.388. The fraction of sp³-hybridized carbons (Fsp3) is 0.545. The van der Waals surface area contributed by atoms with Crippen molar-refractivity contribution in [1.82, 2.24) is 4.98 Å². The van der Waals surface area contributed by atoms with Crippen LogP contribution >= 0.6 is 11.8 Å². The van der Waals surface area contributed by atoms with Crippen LogP contribution in [0, 0.1) is 10.1 Å². The summed E-state index contributed by atoms with van der Waals surface area (Å²) in [5.41, 5.74) is 0.531. The number of thioether (sulfide) groups is 1. The van der Waals surface area contributed by atoms with Gasteiger partial charge in [0.25, 0.3) is 0 Å². The zero-order valence-electron chi connectivity index (χ0n) is 9.63. The number of nitro groups is 1. The third-order valence-corrected chi connectivity index (χ3v) is 4.23. The predicted molar refractivity (Wildman–Crippen MR) is 69.5 cm³/mol. The van der Waals surface area contributed by atoms with Crippen molar-refractivity contribution in [1.29, 1.82) is 0 Å². The molecule has 1 aromatic rings. The van der Waals surface area contributed by atoms with E-state index in [0.717, 1.165) is 6.42 Å². The van der Waals surface area contributed by atoms with Gasteiger partial charge in [0.05, 0.1) is 0 Å². The molecule has 0 spiro atoms. The molecule has 0 radical (unpaired) electrons. The van der Waals surface area contributed by atoms with Gasteiger partial charge in [0.1, 0.15) is 11.9 Å². The highest BCUT2D eigenvalue weighted by molar-refractivity contribution is 7.99. The SMILES string of the molecule is CSC1CCCC1Nc1cccnc1[N+](=O)[O-]. The molecule has 17 heavy (non-hydrogen) atoms. The Hall–Kier alpha value is -1.30. The summed E-state index contributed by atoms with van der Waals surface area (Å²) in [5.74, 6) is -0.0840. The van der Waals surface area contributed by atoms with Gasteiger partial charge in [-0.15, -0.1) is 0 Å². The first kappa shape index (κ1) is 12.2. The molecule has 5 nitrogen and oxygen atoms in total. The summed E-state index contributed by atoms with van der Waals surface area (Å²) in [7, 11) is 0. The minimum absolute atomic E-state index is 0.0840. The van der Waals surface area contributed by atoms with E-state index in [1.807, 2.05) is 11.8 Å². The Morgan fingerprint density at radius 3 is 3.12 bits per heavy atom. The molecule has 2 atom stereocenters. The first-order valence-corrected chi connectivity index (χ1v) is 6.90. The smallest absolute Gasteiger partial charge is 0.374 e. The molecule has 2 unspecified atom stereocenters. The maximum Gasteiger partial charge on any atom is 0.386 e. The van der Waals surface area contributed by atoms with Crippen molar-refractivity contribution in [2.75, 3.05) is 11.6 Å². The van der Waals surface area contributed by atoms with Crippen molar-refractivity contribution in [3.63, 3.8) is 0 Å². The van der Waals surface area contributed by atoms with E-state index in [0.29, 0.717) is 17.0 Å². The summed E-state index contributed by atoms with van der Waals surface area (Å²) in [6, 6.07) is 3.76. The second kappa shape index (κ2) is 5.35. The maximum atomic E-state index is 10.8. The van der Waals surface area contributed by atoms with Crippen LogP contribution in [0.5, 0.6) is 0 Å². The lowest BCUT2D eigenvalue weighted by Gasteiger charge is -2.19. The van der Waals surface area contributed by atoms with E-state index in [4.69, 9.17) is 0 Å². The standard InChI is InChI=1S/C11H15N3O2S/c1-17-10-6-2-4-8(10)13-9-5-3-7-12-11(9)14(15)16/h3,5,7-8,10,13H,2,4,6H2,1H3. The highest BCUT2D eigenvalue weighted by Crippen LogP contribution is 2.32. The minimum Gasteiger partial charge on any atom is -0.374 e. The number of nitrogens with one attached hydrogen (secondary N) is 1. The van der Waals surface area contributed by atoms with Crippen molar-refractivity contribution in [2.45, 2.75) is 30.6 Å². The van der Waals surface area contributed by atoms with Gasteiger partial charge in [0.2, 0.25) is 0 Å². The Kier molecular flexibility index (Phi) is 3.83. The first-order valence-electron chi connectivity index (χ1n) is 5.61. The number of hydrogen-bond acceptors (Lipinski definition) is 5. The first-order chi connectivity index (χ1) is 8.22. The van der Waals surface area contributed by atoms with Crippen LogP contribution in [-0.2, 0) is 0 Å². The second-order valence-electron chi connectivity index (χ2n) is 4.09. The molecule has 0 aromatic carbocycles. The van der Waals surface area contributed by atoms with E-state index in [2.05, 4.69) is 16.6 Å². The van der Waals surface area contributed by atoms with Gasteiger partial charge in [-0.2, -0.15) is 11.8 Å². The summed E-state index contributed by atoms with van der Waals surface area (Å²) < 4.78 is 0. The van der Waals surface area contributed by atoms with Gasteiger partial charge < -0.3 is 15.4 Å². The molecule has 1 N–H and O–H groups in total. The topological polar surface area (TPSA) is 68.1 Å². The quantitative estimate of drug-likeness (QED) is 0.660. The van der Waals surface area contributed by atoms with Gasteiger partial charge in [-0.05, 0) is 41.1 Å². The lowest BCUT2D eigenvalue weighted by Crippen LogP contribution is -2.26. The van der Waals surface area contributed by atoms with E-state index >= 15 is 0 Å². The Bertz CT molecular complexity index is 413. The third kappa shape index (κ3) is 2.69. The molecule has 0 aliphatic heterocycles. The summed E-state index contributed by atoms with van der Waals surface area (Å²) >= 11 is 1.82. The molecule has 1 aliphatic carbocycles. The van der Waals surface area contributed by atoms with Gasteiger partial charge in [-0.25, -0.2) is 0 Å². The largest absolute Gasteiger partial charge is 0.386 e. The number of hydrogen-bond donors (Lipinski definition) is 1. The molecular weight excluding hydrogens is 238 g/mol. The molecule has 6 heteroatoms.